The molecule has 2 aliphatic rings. The third-order valence-electron chi connectivity index (χ3n) is 6.51. The molecule has 33 heavy (non-hydrogen) atoms. The zero-order chi connectivity index (χ0) is 24.6. The van der Waals surface area contributed by atoms with Gasteiger partial charge in [0.2, 0.25) is 15.9 Å². The molecule has 186 valence electrons. The lowest BCUT2D eigenvalue weighted by Crippen LogP contribution is -2.51. The minimum atomic E-state index is -4.61. The fourth-order valence-corrected chi connectivity index (χ4v) is 6.57. The average Bonchev–Trinajstić information content (AvgIpc) is 3.28. The number of amides is 1. The minimum Gasteiger partial charge on any atom is -0.352 e. The smallest absolute Gasteiger partial charge is 0.352 e. The van der Waals surface area contributed by atoms with Crippen LogP contribution in [0.1, 0.15) is 52.5 Å². The van der Waals surface area contributed by atoms with Crippen molar-refractivity contribution in [3.05, 3.63) is 29.8 Å². The molecule has 0 spiro atoms. The van der Waals surface area contributed by atoms with Crippen molar-refractivity contribution in [3.8, 4) is 0 Å². The molecule has 1 heterocycles. The molecule has 6 nitrogen and oxygen atoms in total. The molecule has 1 amide bonds. The monoisotopic (exact) mass is 489 g/mol. The summed E-state index contributed by atoms with van der Waals surface area (Å²) in [7, 11) is -4.06. The average molecular weight is 490 g/mol. The highest BCUT2D eigenvalue weighted by Crippen LogP contribution is 2.41. The van der Waals surface area contributed by atoms with E-state index in [1.165, 1.54) is 10.4 Å². The van der Waals surface area contributed by atoms with E-state index in [-0.39, 0.29) is 53.9 Å². The number of halogens is 3. The Morgan fingerprint density at radius 2 is 1.85 bits per heavy atom. The molecule has 10 heteroatoms. The first-order valence-electron chi connectivity index (χ1n) is 11.5. The summed E-state index contributed by atoms with van der Waals surface area (Å²) in [4.78, 5) is 12.6. The molecule has 2 N–H and O–H groups in total. The Balaban J connectivity index is 1.71. The van der Waals surface area contributed by atoms with Crippen LogP contribution in [0.4, 0.5) is 13.2 Å². The van der Waals surface area contributed by atoms with Crippen molar-refractivity contribution in [1.82, 2.24) is 14.9 Å². The van der Waals surface area contributed by atoms with Gasteiger partial charge in [0.1, 0.15) is 0 Å². The lowest BCUT2D eigenvalue weighted by atomic mass is 9.97. The van der Waals surface area contributed by atoms with Gasteiger partial charge in [0.25, 0.3) is 0 Å². The van der Waals surface area contributed by atoms with E-state index in [1.54, 1.807) is 0 Å². The van der Waals surface area contributed by atoms with Gasteiger partial charge in [-0.25, -0.2) is 8.42 Å². The standard InChI is InChI=1S/C23H34F3N3O3S/c1-14(2)10-21(27-15(3)4)22(30)28-20-9-8-16-12-29(13-19(16)20)33(31,32)18-7-5-6-17(11-18)23(24,25)26/h5-7,11,14-16,19-21,27H,8-10,12-13H2,1-4H3,(H,28,30)/t16-,19+,20+,21+/m1/s1. The van der Waals surface area contributed by atoms with Gasteiger partial charge < -0.3 is 10.6 Å². The SMILES string of the molecule is CC(C)C[C@H](NC(C)C)C(=O)N[C@H]1CC[C@@H]2CN(S(=O)(=O)c3cccc(C(F)(F)F)c3)C[C@@H]21. The van der Waals surface area contributed by atoms with Crippen molar-refractivity contribution >= 4 is 15.9 Å². The summed E-state index contributed by atoms with van der Waals surface area (Å²) >= 11 is 0. The fourth-order valence-electron chi connectivity index (χ4n) is 4.99. The molecular formula is C23H34F3N3O3S. The highest BCUT2D eigenvalue weighted by atomic mass is 32.2. The van der Waals surface area contributed by atoms with E-state index in [2.05, 4.69) is 24.5 Å². The third kappa shape index (κ3) is 6.08. The van der Waals surface area contributed by atoms with Crippen LogP contribution in [0.25, 0.3) is 0 Å². The van der Waals surface area contributed by atoms with Gasteiger partial charge in [-0.05, 0) is 55.2 Å². The number of fused-ring (bicyclic) bond motifs is 1. The van der Waals surface area contributed by atoms with Crippen LogP contribution in [0.5, 0.6) is 0 Å². The number of rotatable bonds is 8. The highest BCUT2D eigenvalue weighted by molar-refractivity contribution is 7.89. The highest BCUT2D eigenvalue weighted by Gasteiger charge is 2.47. The first-order chi connectivity index (χ1) is 15.3. The number of benzene rings is 1. The van der Waals surface area contributed by atoms with Gasteiger partial charge in [-0.2, -0.15) is 17.5 Å². The van der Waals surface area contributed by atoms with E-state index in [1.807, 2.05) is 13.8 Å². The van der Waals surface area contributed by atoms with Gasteiger partial charge in [-0.3, -0.25) is 4.79 Å². The second-order valence-electron chi connectivity index (χ2n) is 9.97. The maximum absolute atomic E-state index is 13.1. The first-order valence-corrected chi connectivity index (χ1v) is 13.0. The second-order valence-corrected chi connectivity index (χ2v) is 11.9. The summed E-state index contributed by atoms with van der Waals surface area (Å²) < 4.78 is 66.6. The molecule has 1 saturated carbocycles. The Labute approximate surface area is 194 Å². The maximum atomic E-state index is 13.1. The van der Waals surface area contributed by atoms with E-state index < -0.39 is 21.8 Å². The van der Waals surface area contributed by atoms with E-state index in [0.717, 1.165) is 25.0 Å². The molecule has 1 aliphatic heterocycles. The predicted molar refractivity (Wildman–Crippen MR) is 120 cm³/mol. The van der Waals surface area contributed by atoms with Crippen LogP contribution in [0.3, 0.4) is 0 Å². The Morgan fingerprint density at radius 3 is 2.45 bits per heavy atom. The van der Waals surface area contributed by atoms with Crippen LogP contribution in [-0.4, -0.2) is 49.8 Å². The molecule has 1 saturated heterocycles. The summed E-state index contributed by atoms with van der Waals surface area (Å²) in [6.07, 6.45) is -2.37. The molecule has 0 radical (unpaired) electrons. The van der Waals surface area contributed by atoms with E-state index in [9.17, 15) is 26.4 Å². The molecule has 1 aliphatic carbocycles. The summed E-state index contributed by atoms with van der Waals surface area (Å²) in [5.41, 5.74) is -0.984. The van der Waals surface area contributed by atoms with Gasteiger partial charge >= 0.3 is 6.18 Å². The van der Waals surface area contributed by atoms with Crippen molar-refractivity contribution < 1.29 is 26.4 Å². The van der Waals surface area contributed by atoms with Crippen molar-refractivity contribution in [1.29, 1.82) is 0 Å². The van der Waals surface area contributed by atoms with Gasteiger partial charge in [-0.15, -0.1) is 0 Å². The number of carbonyl (C=O) groups is 1. The van der Waals surface area contributed by atoms with E-state index >= 15 is 0 Å². The summed E-state index contributed by atoms with van der Waals surface area (Å²) in [5, 5.41) is 6.44. The van der Waals surface area contributed by atoms with Crippen molar-refractivity contribution in [2.24, 2.45) is 17.8 Å². The molecule has 2 fully saturated rings. The van der Waals surface area contributed by atoms with Crippen LogP contribution in [-0.2, 0) is 21.0 Å². The van der Waals surface area contributed by atoms with Crippen LogP contribution in [0.2, 0.25) is 0 Å². The Kier molecular flexibility index (Phi) is 7.80. The molecule has 1 aromatic rings. The molecular weight excluding hydrogens is 455 g/mol. The van der Waals surface area contributed by atoms with Crippen molar-refractivity contribution in [2.45, 2.75) is 76.2 Å². The first kappa shape index (κ1) is 26.0. The normalized spacial score (nSPS) is 24.9. The van der Waals surface area contributed by atoms with Crippen LogP contribution in [0, 0.1) is 17.8 Å². The molecule has 0 bridgehead atoms. The number of alkyl halides is 3. The Hall–Kier alpha value is -1.65. The van der Waals surface area contributed by atoms with Crippen LogP contribution >= 0.6 is 0 Å². The topological polar surface area (TPSA) is 78.5 Å². The number of carbonyl (C=O) groups excluding carboxylic acids is 1. The van der Waals surface area contributed by atoms with Crippen LogP contribution in [0.15, 0.2) is 29.2 Å². The molecule has 4 atom stereocenters. The Bertz CT molecular complexity index is 940. The summed E-state index contributed by atoms with van der Waals surface area (Å²) in [6, 6.07) is 3.55. The largest absolute Gasteiger partial charge is 0.416 e. The minimum absolute atomic E-state index is 0.0479. The number of hydrogen-bond donors (Lipinski definition) is 2. The molecule has 0 aromatic heterocycles. The van der Waals surface area contributed by atoms with Gasteiger partial charge in [0.05, 0.1) is 16.5 Å². The van der Waals surface area contributed by atoms with E-state index in [0.29, 0.717) is 18.4 Å². The lowest BCUT2D eigenvalue weighted by Gasteiger charge is -2.27. The molecule has 0 unspecified atom stereocenters. The van der Waals surface area contributed by atoms with Gasteiger partial charge in [-0.1, -0.05) is 33.8 Å². The second kappa shape index (κ2) is 9.92. The number of sulfonamides is 1. The maximum Gasteiger partial charge on any atom is 0.416 e. The number of nitrogens with zero attached hydrogens (tertiary/aromatic N) is 1. The third-order valence-corrected chi connectivity index (χ3v) is 8.34. The zero-order valence-electron chi connectivity index (χ0n) is 19.5. The van der Waals surface area contributed by atoms with Gasteiger partial charge in [0, 0.05) is 25.2 Å². The fraction of sp³-hybridized carbons (Fsp3) is 0.696. The Morgan fingerprint density at radius 1 is 1.15 bits per heavy atom. The summed E-state index contributed by atoms with van der Waals surface area (Å²) in [5.74, 6) is 0.288. The summed E-state index contributed by atoms with van der Waals surface area (Å²) in [6.45, 7) is 8.54. The van der Waals surface area contributed by atoms with Crippen molar-refractivity contribution in [2.75, 3.05) is 13.1 Å². The van der Waals surface area contributed by atoms with Crippen molar-refractivity contribution in [3.63, 3.8) is 0 Å². The quantitative estimate of drug-likeness (QED) is 0.585. The predicted octanol–water partition coefficient (Wildman–Crippen LogP) is 3.63. The molecule has 1 aromatic carbocycles. The zero-order valence-corrected chi connectivity index (χ0v) is 20.3. The van der Waals surface area contributed by atoms with Gasteiger partial charge in [0.15, 0.2) is 0 Å². The lowest BCUT2D eigenvalue weighted by molar-refractivity contribution is -0.137. The van der Waals surface area contributed by atoms with E-state index in [4.69, 9.17) is 0 Å². The molecule has 3 rings (SSSR count). The number of hydrogen-bond acceptors (Lipinski definition) is 4. The number of nitrogens with one attached hydrogen (secondary N) is 2. The van der Waals surface area contributed by atoms with Crippen LogP contribution < -0.4 is 10.6 Å².